The minimum Gasteiger partial charge on any atom is -0.497 e. The molecular formula is C21H23N3O3. The molecular weight excluding hydrogens is 342 g/mol. The van der Waals surface area contributed by atoms with Gasteiger partial charge in [-0.1, -0.05) is 24.3 Å². The molecule has 27 heavy (non-hydrogen) atoms. The summed E-state index contributed by atoms with van der Waals surface area (Å²) in [5.74, 6) is 0.773. The zero-order valence-electron chi connectivity index (χ0n) is 15.5. The molecule has 2 N–H and O–H groups in total. The molecule has 0 heterocycles. The quantitative estimate of drug-likeness (QED) is 0.584. The topological polar surface area (TPSA) is 79.8 Å². The predicted octanol–water partition coefficient (Wildman–Crippen LogP) is 3.13. The molecule has 140 valence electrons. The summed E-state index contributed by atoms with van der Waals surface area (Å²) in [4.78, 5) is 24.0. The second kappa shape index (κ2) is 8.49. The molecule has 0 bridgehead atoms. The molecule has 3 rings (SSSR count). The Kier molecular flexibility index (Phi) is 5.86. The van der Waals surface area contributed by atoms with Gasteiger partial charge < -0.3 is 10.1 Å². The van der Waals surface area contributed by atoms with E-state index in [2.05, 4.69) is 15.8 Å². The van der Waals surface area contributed by atoms with E-state index < -0.39 is 0 Å². The molecule has 0 unspecified atom stereocenters. The molecule has 0 aromatic heterocycles. The maximum absolute atomic E-state index is 12.1. The van der Waals surface area contributed by atoms with Crippen molar-refractivity contribution < 1.29 is 14.3 Å². The van der Waals surface area contributed by atoms with E-state index in [0.717, 1.165) is 35.4 Å². The number of carbonyl (C=O) groups excluding carboxylic acids is 2. The van der Waals surface area contributed by atoms with Gasteiger partial charge in [0.1, 0.15) is 5.75 Å². The first-order chi connectivity index (χ1) is 13.0. The van der Waals surface area contributed by atoms with Crippen molar-refractivity contribution in [1.82, 2.24) is 5.43 Å². The van der Waals surface area contributed by atoms with Crippen molar-refractivity contribution in [2.45, 2.75) is 26.2 Å². The van der Waals surface area contributed by atoms with Crippen molar-refractivity contribution in [2.24, 2.45) is 11.0 Å². The molecule has 2 aromatic rings. The normalized spacial score (nSPS) is 13.8. The molecule has 1 fully saturated rings. The SMILES string of the molecule is COc1ccc(CC(=O)N/N=C(/C)c2cccc(NC(=O)C3CC3)c2)cc1. The summed E-state index contributed by atoms with van der Waals surface area (Å²) in [6.07, 6.45) is 2.16. The highest BCUT2D eigenvalue weighted by Crippen LogP contribution is 2.30. The maximum Gasteiger partial charge on any atom is 0.244 e. The lowest BCUT2D eigenvalue weighted by Gasteiger charge is -2.07. The number of hydrogen-bond acceptors (Lipinski definition) is 4. The van der Waals surface area contributed by atoms with Gasteiger partial charge in [-0.3, -0.25) is 9.59 Å². The van der Waals surface area contributed by atoms with Crippen molar-refractivity contribution in [3.8, 4) is 5.75 Å². The van der Waals surface area contributed by atoms with E-state index in [-0.39, 0.29) is 24.2 Å². The number of nitrogens with zero attached hydrogens (tertiary/aromatic N) is 1. The zero-order valence-corrected chi connectivity index (χ0v) is 15.5. The highest BCUT2D eigenvalue weighted by molar-refractivity contribution is 6.01. The first kappa shape index (κ1) is 18.6. The van der Waals surface area contributed by atoms with E-state index in [9.17, 15) is 9.59 Å². The van der Waals surface area contributed by atoms with Gasteiger partial charge in [-0.2, -0.15) is 5.10 Å². The maximum atomic E-state index is 12.1. The summed E-state index contributed by atoms with van der Waals surface area (Å²) in [6.45, 7) is 1.81. The minimum absolute atomic E-state index is 0.0644. The smallest absolute Gasteiger partial charge is 0.244 e. The molecule has 1 aliphatic carbocycles. The summed E-state index contributed by atoms with van der Waals surface area (Å²) >= 11 is 0. The second-order valence-corrected chi connectivity index (χ2v) is 6.60. The summed E-state index contributed by atoms with van der Waals surface area (Å²) < 4.78 is 5.10. The van der Waals surface area contributed by atoms with E-state index in [1.807, 2.05) is 55.5 Å². The molecule has 0 aliphatic heterocycles. The van der Waals surface area contributed by atoms with Gasteiger partial charge in [0.25, 0.3) is 0 Å². The largest absolute Gasteiger partial charge is 0.497 e. The van der Waals surface area contributed by atoms with Crippen molar-refractivity contribution in [1.29, 1.82) is 0 Å². The van der Waals surface area contributed by atoms with Gasteiger partial charge in [-0.15, -0.1) is 0 Å². The van der Waals surface area contributed by atoms with Crippen LogP contribution in [0.3, 0.4) is 0 Å². The number of ether oxygens (including phenoxy) is 1. The molecule has 2 amide bonds. The van der Waals surface area contributed by atoms with Crippen LogP contribution < -0.4 is 15.5 Å². The van der Waals surface area contributed by atoms with Crippen molar-refractivity contribution >= 4 is 23.2 Å². The van der Waals surface area contributed by atoms with Crippen molar-refractivity contribution in [3.05, 3.63) is 59.7 Å². The Hall–Kier alpha value is -3.15. The Bertz CT molecular complexity index is 855. The lowest BCUT2D eigenvalue weighted by Crippen LogP contribution is -2.21. The van der Waals surface area contributed by atoms with Crippen LogP contribution in [-0.4, -0.2) is 24.6 Å². The third-order valence-electron chi connectivity index (χ3n) is 4.37. The molecule has 1 aliphatic rings. The third kappa shape index (κ3) is 5.41. The minimum atomic E-state index is -0.197. The Morgan fingerprint density at radius 3 is 2.56 bits per heavy atom. The molecule has 0 spiro atoms. The number of amides is 2. The van der Waals surface area contributed by atoms with Crippen LogP contribution in [0.1, 0.15) is 30.9 Å². The van der Waals surface area contributed by atoms with Crippen LogP contribution in [0.2, 0.25) is 0 Å². The van der Waals surface area contributed by atoms with E-state index in [1.165, 1.54) is 0 Å². The highest BCUT2D eigenvalue weighted by Gasteiger charge is 2.29. The number of methoxy groups -OCH3 is 1. The van der Waals surface area contributed by atoms with E-state index in [0.29, 0.717) is 5.71 Å². The fraction of sp³-hybridized carbons (Fsp3) is 0.286. The van der Waals surface area contributed by atoms with Gasteiger partial charge in [-0.25, -0.2) is 5.43 Å². The predicted molar refractivity (Wildman–Crippen MR) is 105 cm³/mol. The Morgan fingerprint density at radius 2 is 1.89 bits per heavy atom. The van der Waals surface area contributed by atoms with E-state index >= 15 is 0 Å². The number of hydrazone groups is 1. The number of nitrogens with one attached hydrogen (secondary N) is 2. The van der Waals surface area contributed by atoms with Crippen LogP contribution in [0.25, 0.3) is 0 Å². The van der Waals surface area contributed by atoms with Crippen LogP contribution in [0.15, 0.2) is 53.6 Å². The average molecular weight is 365 g/mol. The van der Waals surface area contributed by atoms with Crippen molar-refractivity contribution in [3.63, 3.8) is 0 Å². The van der Waals surface area contributed by atoms with Crippen LogP contribution in [0.4, 0.5) is 5.69 Å². The Labute approximate surface area is 158 Å². The van der Waals surface area contributed by atoms with Gasteiger partial charge in [-0.05, 0) is 55.2 Å². The lowest BCUT2D eigenvalue weighted by molar-refractivity contribution is -0.120. The molecule has 0 atom stereocenters. The molecule has 0 saturated heterocycles. The second-order valence-electron chi connectivity index (χ2n) is 6.60. The monoisotopic (exact) mass is 365 g/mol. The van der Waals surface area contributed by atoms with Gasteiger partial charge >= 0.3 is 0 Å². The summed E-state index contributed by atoms with van der Waals surface area (Å²) in [5, 5.41) is 7.09. The molecule has 2 aromatic carbocycles. The highest BCUT2D eigenvalue weighted by atomic mass is 16.5. The van der Waals surface area contributed by atoms with Gasteiger partial charge in [0.15, 0.2) is 0 Å². The van der Waals surface area contributed by atoms with Crippen LogP contribution in [0.5, 0.6) is 5.75 Å². The van der Waals surface area contributed by atoms with Crippen LogP contribution in [0, 0.1) is 5.92 Å². The Morgan fingerprint density at radius 1 is 1.15 bits per heavy atom. The van der Waals surface area contributed by atoms with Crippen molar-refractivity contribution in [2.75, 3.05) is 12.4 Å². The van der Waals surface area contributed by atoms with Gasteiger partial charge in [0.05, 0.1) is 19.2 Å². The van der Waals surface area contributed by atoms with E-state index in [1.54, 1.807) is 7.11 Å². The lowest BCUT2D eigenvalue weighted by atomic mass is 10.1. The summed E-state index contributed by atoms with van der Waals surface area (Å²) in [6, 6.07) is 14.8. The Balaban J connectivity index is 1.57. The first-order valence-electron chi connectivity index (χ1n) is 8.92. The van der Waals surface area contributed by atoms with Crippen LogP contribution in [-0.2, 0) is 16.0 Å². The number of rotatable bonds is 7. The number of anilines is 1. The molecule has 1 saturated carbocycles. The fourth-order valence-corrected chi connectivity index (χ4v) is 2.59. The summed E-state index contributed by atoms with van der Waals surface area (Å²) in [7, 11) is 1.60. The third-order valence-corrected chi connectivity index (χ3v) is 4.37. The number of hydrogen-bond donors (Lipinski definition) is 2. The zero-order chi connectivity index (χ0) is 19.2. The summed E-state index contributed by atoms with van der Waals surface area (Å²) in [5.41, 5.74) is 5.71. The van der Waals surface area contributed by atoms with E-state index in [4.69, 9.17) is 4.74 Å². The van der Waals surface area contributed by atoms with Gasteiger partial charge in [0.2, 0.25) is 11.8 Å². The first-order valence-corrected chi connectivity index (χ1v) is 8.92. The molecule has 0 radical (unpaired) electrons. The molecule has 6 heteroatoms. The number of carbonyl (C=O) groups is 2. The fourth-order valence-electron chi connectivity index (χ4n) is 2.59. The average Bonchev–Trinajstić information content (AvgIpc) is 3.52. The standard InChI is InChI=1S/C21H23N3O3/c1-14(17-4-3-5-18(13-17)22-21(26)16-8-9-16)23-24-20(25)12-15-6-10-19(27-2)11-7-15/h3-7,10-11,13,16H,8-9,12H2,1-2H3,(H,22,26)(H,24,25)/b23-14-. The number of benzene rings is 2. The van der Waals surface area contributed by atoms with Gasteiger partial charge in [0, 0.05) is 11.6 Å². The van der Waals surface area contributed by atoms with Crippen LogP contribution >= 0.6 is 0 Å². The molecule has 6 nitrogen and oxygen atoms in total.